The zero-order valence-corrected chi connectivity index (χ0v) is 18.1. The molecule has 158 valence electrons. The number of benzene rings is 3. The van der Waals surface area contributed by atoms with Crippen molar-refractivity contribution in [1.82, 2.24) is 9.99 Å². The number of H-pyrrole nitrogens is 1. The minimum absolute atomic E-state index is 0.167. The molecule has 1 atom stereocenters. The average Bonchev–Trinajstić information content (AvgIpc) is 3.24. The van der Waals surface area contributed by atoms with Gasteiger partial charge in [0.1, 0.15) is 0 Å². The highest BCUT2D eigenvalue weighted by molar-refractivity contribution is 6.31. The van der Waals surface area contributed by atoms with Crippen molar-refractivity contribution in [3.8, 4) is 11.1 Å². The first-order chi connectivity index (χ1) is 15.5. The molecule has 0 saturated heterocycles. The van der Waals surface area contributed by atoms with Crippen molar-refractivity contribution in [3.05, 3.63) is 105 Å². The molecule has 1 aliphatic rings. The van der Waals surface area contributed by atoms with Gasteiger partial charge >= 0.3 is 0 Å². The molecule has 0 aliphatic carbocycles. The fourth-order valence-electron chi connectivity index (χ4n) is 4.34. The molecular formula is C26H20ClN3O2. The van der Waals surface area contributed by atoms with Crippen LogP contribution < -0.4 is 5.56 Å². The van der Waals surface area contributed by atoms with Gasteiger partial charge in [-0.15, -0.1) is 0 Å². The number of fused-ring (bicyclic) bond motifs is 1. The van der Waals surface area contributed by atoms with Crippen LogP contribution in [-0.4, -0.2) is 21.6 Å². The summed E-state index contributed by atoms with van der Waals surface area (Å²) in [5.41, 5.74) is 4.15. The van der Waals surface area contributed by atoms with Crippen molar-refractivity contribution in [1.29, 1.82) is 0 Å². The van der Waals surface area contributed by atoms with E-state index in [1.807, 2.05) is 72.8 Å². The van der Waals surface area contributed by atoms with Crippen LogP contribution in [0.5, 0.6) is 0 Å². The fourth-order valence-corrected chi connectivity index (χ4v) is 4.51. The lowest BCUT2D eigenvalue weighted by atomic mass is 9.91. The minimum atomic E-state index is -0.257. The van der Waals surface area contributed by atoms with E-state index >= 15 is 0 Å². The molecule has 6 heteroatoms. The Morgan fingerprint density at radius 3 is 2.38 bits per heavy atom. The predicted octanol–water partition coefficient (Wildman–Crippen LogP) is 5.55. The maximum Gasteiger partial charge on any atom is 0.258 e. The molecule has 0 bridgehead atoms. The van der Waals surface area contributed by atoms with E-state index in [4.69, 9.17) is 11.6 Å². The highest BCUT2D eigenvalue weighted by Crippen LogP contribution is 2.37. The van der Waals surface area contributed by atoms with Gasteiger partial charge in [0.05, 0.1) is 22.8 Å². The van der Waals surface area contributed by atoms with Crippen LogP contribution in [0.15, 0.2) is 88.8 Å². The van der Waals surface area contributed by atoms with Gasteiger partial charge in [-0.2, -0.15) is 5.10 Å². The van der Waals surface area contributed by atoms with Crippen molar-refractivity contribution in [2.45, 2.75) is 19.4 Å². The van der Waals surface area contributed by atoms with Crippen molar-refractivity contribution in [3.63, 3.8) is 0 Å². The van der Waals surface area contributed by atoms with Crippen LogP contribution in [0.4, 0.5) is 0 Å². The van der Waals surface area contributed by atoms with Crippen LogP contribution in [0.25, 0.3) is 22.0 Å². The number of pyridine rings is 1. The number of carbonyl (C=O) groups is 1. The Morgan fingerprint density at radius 2 is 1.69 bits per heavy atom. The first kappa shape index (κ1) is 20.2. The summed E-state index contributed by atoms with van der Waals surface area (Å²) >= 11 is 6.19. The molecule has 1 amide bonds. The molecule has 5 rings (SSSR count). The van der Waals surface area contributed by atoms with Gasteiger partial charge in [0.15, 0.2) is 0 Å². The summed E-state index contributed by atoms with van der Waals surface area (Å²) < 4.78 is 0. The van der Waals surface area contributed by atoms with Gasteiger partial charge in [-0.05, 0) is 23.3 Å². The van der Waals surface area contributed by atoms with Gasteiger partial charge < -0.3 is 4.98 Å². The lowest BCUT2D eigenvalue weighted by Crippen LogP contribution is -2.24. The normalized spacial score (nSPS) is 15.8. The third kappa shape index (κ3) is 3.51. The second kappa shape index (κ2) is 8.09. The van der Waals surface area contributed by atoms with Gasteiger partial charge in [-0.3, -0.25) is 9.59 Å². The van der Waals surface area contributed by atoms with E-state index in [1.54, 1.807) is 6.07 Å². The van der Waals surface area contributed by atoms with E-state index in [-0.39, 0.29) is 17.5 Å². The molecule has 1 aromatic heterocycles. The summed E-state index contributed by atoms with van der Waals surface area (Å²) in [5, 5.41) is 7.54. The molecule has 1 aliphatic heterocycles. The Hall–Kier alpha value is -3.70. The van der Waals surface area contributed by atoms with Crippen LogP contribution in [0.3, 0.4) is 0 Å². The Kier molecular flexibility index (Phi) is 5.11. The molecule has 0 spiro atoms. The smallest absolute Gasteiger partial charge is 0.258 e. The zero-order valence-electron chi connectivity index (χ0n) is 17.4. The first-order valence-corrected chi connectivity index (χ1v) is 10.7. The Labute approximate surface area is 190 Å². The minimum Gasteiger partial charge on any atom is -0.321 e. The predicted molar refractivity (Wildman–Crippen MR) is 128 cm³/mol. The van der Waals surface area contributed by atoms with Crippen LogP contribution in [0.1, 0.15) is 30.5 Å². The summed E-state index contributed by atoms with van der Waals surface area (Å²) in [7, 11) is 0. The molecule has 4 aromatic rings. The van der Waals surface area contributed by atoms with Crippen LogP contribution in [-0.2, 0) is 4.79 Å². The molecule has 32 heavy (non-hydrogen) atoms. The standard InChI is InChI=1S/C26H20ClN3O2/c1-16(31)30-23(17-8-4-2-5-9-17)15-22(29-30)25-24(18-10-6-3-7-11-18)20-13-12-19(27)14-21(20)28-26(25)32/h2-14,23H,15H2,1H3,(H,28,32). The lowest BCUT2D eigenvalue weighted by molar-refractivity contribution is -0.130. The highest BCUT2D eigenvalue weighted by Gasteiger charge is 2.33. The number of nitrogens with one attached hydrogen (secondary N) is 1. The molecule has 0 saturated carbocycles. The van der Waals surface area contributed by atoms with E-state index in [2.05, 4.69) is 10.1 Å². The number of aromatic nitrogens is 1. The van der Waals surface area contributed by atoms with E-state index < -0.39 is 0 Å². The number of rotatable bonds is 3. The second-order valence-corrected chi connectivity index (χ2v) is 8.24. The topological polar surface area (TPSA) is 65.5 Å². The third-order valence-electron chi connectivity index (χ3n) is 5.74. The van der Waals surface area contributed by atoms with E-state index in [9.17, 15) is 9.59 Å². The van der Waals surface area contributed by atoms with Gasteiger partial charge in [0.25, 0.3) is 5.56 Å². The zero-order chi connectivity index (χ0) is 22.2. The largest absolute Gasteiger partial charge is 0.321 e. The lowest BCUT2D eigenvalue weighted by Gasteiger charge is -2.20. The summed E-state index contributed by atoms with van der Waals surface area (Å²) in [6, 6.07) is 24.7. The quantitative estimate of drug-likeness (QED) is 0.453. The highest BCUT2D eigenvalue weighted by atomic mass is 35.5. The molecular weight excluding hydrogens is 422 g/mol. The summed E-state index contributed by atoms with van der Waals surface area (Å²) in [5.74, 6) is -0.167. The van der Waals surface area contributed by atoms with E-state index in [0.717, 1.165) is 22.1 Å². The van der Waals surface area contributed by atoms with E-state index in [0.29, 0.717) is 28.2 Å². The number of hydrogen-bond donors (Lipinski definition) is 1. The molecule has 2 heterocycles. The van der Waals surface area contributed by atoms with Gasteiger partial charge in [0.2, 0.25) is 5.91 Å². The third-order valence-corrected chi connectivity index (χ3v) is 5.98. The molecule has 1 unspecified atom stereocenters. The Balaban J connectivity index is 1.75. The van der Waals surface area contributed by atoms with E-state index in [1.165, 1.54) is 11.9 Å². The monoisotopic (exact) mass is 441 g/mol. The summed E-state index contributed by atoms with van der Waals surface area (Å²) in [4.78, 5) is 28.7. The Morgan fingerprint density at radius 1 is 1.00 bits per heavy atom. The summed E-state index contributed by atoms with van der Waals surface area (Å²) in [6.45, 7) is 1.49. The van der Waals surface area contributed by atoms with Crippen LogP contribution >= 0.6 is 11.6 Å². The van der Waals surface area contributed by atoms with Crippen molar-refractivity contribution in [2.24, 2.45) is 5.10 Å². The second-order valence-electron chi connectivity index (χ2n) is 7.80. The fraction of sp³-hybridized carbons (Fsp3) is 0.115. The van der Waals surface area contributed by atoms with Crippen molar-refractivity contribution in [2.75, 3.05) is 0 Å². The number of carbonyl (C=O) groups excluding carboxylic acids is 1. The molecule has 1 N–H and O–H groups in total. The van der Waals surface area contributed by atoms with Crippen LogP contribution in [0.2, 0.25) is 5.02 Å². The number of amides is 1. The molecule has 0 fully saturated rings. The van der Waals surface area contributed by atoms with Crippen molar-refractivity contribution < 1.29 is 4.79 Å². The number of halogens is 1. The number of hydrazone groups is 1. The van der Waals surface area contributed by atoms with Gasteiger partial charge in [0, 0.05) is 29.3 Å². The molecule has 5 nitrogen and oxygen atoms in total. The van der Waals surface area contributed by atoms with Crippen molar-refractivity contribution >= 4 is 34.1 Å². The Bertz CT molecular complexity index is 1410. The summed E-state index contributed by atoms with van der Waals surface area (Å²) in [6.07, 6.45) is 0.450. The van der Waals surface area contributed by atoms with Crippen LogP contribution in [0, 0.1) is 0 Å². The molecule has 0 radical (unpaired) electrons. The van der Waals surface area contributed by atoms with Gasteiger partial charge in [-0.25, -0.2) is 5.01 Å². The maximum atomic E-state index is 13.4. The first-order valence-electron chi connectivity index (χ1n) is 10.4. The average molecular weight is 442 g/mol. The molecule has 3 aromatic carbocycles. The number of nitrogens with zero attached hydrogens (tertiary/aromatic N) is 2. The maximum absolute atomic E-state index is 13.4. The van der Waals surface area contributed by atoms with Gasteiger partial charge in [-0.1, -0.05) is 78.3 Å². The number of hydrogen-bond acceptors (Lipinski definition) is 3. The SMILES string of the molecule is CC(=O)N1N=C(c2c(-c3ccccc3)c3ccc(Cl)cc3[nH]c2=O)CC1c1ccccc1. The number of aromatic amines is 1.